The van der Waals surface area contributed by atoms with Crippen LogP contribution in [-0.4, -0.2) is 31.4 Å². The van der Waals surface area contributed by atoms with Crippen molar-refractivity contribution in [3.8, 4) is 0 Å². The lowest BCUT2D eigenvalue weighted by Gasteiger charge is -2.10. The molecule has 0 aromatic heterocycles. The molecule has 0 saturated carbocycles. The lowest BCUT2D eigenvalue weighted by Crippen LogP contribution is -2.40. The number of hydrogen-bond acceptors (Lipinski definition) is 4. The van der Waals surface area contributed by atoms with E-state index in [-0.39, 0.29) is 6.04 Å². The normalized spacial score (nSPS) is 12.6. The molecule has 0 fully saturated rings. The minimum absolute atomic E-state index is 0.0679. The van der Waals surface area contributed by atoms with Crippen LogP contribution in [0, 0.1) is 0 Å². The van der Waals surface area contributed by atoms with Crippen LogP contribution in [0.5, 0.6) is 0 Å². The highest BCUT2D eigenvalue weighted by Gasteiger charge is 1.98. The molecule has 1 aromatic carbocycles. The maximum Gasteiger partial charge on any atom is 0.0290 e. The Balaban J connectivity index is 2.23. The van der Waals surface area contributed by atoms with Gasteiger partial charge in [-0.3, -0.25) is 0 Å². The molecule has 0 spiro atoms. The highest BCUT2D eigenvalue weighted by atomic mass is 32.2. The Labute approximate surface area is 108 Å². The van der Waals surface area contributed by atoms with Crippen molar-refractivity contribution in [3.05, 3.63) is 29.8 Å². The van der Waals surface area contributed by atoms with E-state index in [1.165, 1.54) is 10.5 Å². The van der Waals surface area contributed by atoms with Gasteiger partial charge >= 0.3 is 0 Å². The summed E-state index contributed by atoms with van der Waals surface area (Å²) in [6.45, 7) is 4.45. The van der Waals surface area contributed by atoms with E-state index in [0.29, 0.717) is 6.54 Å². The topological polar surface area (TPSA) is 64.1 Å². The third-order valence-electron chi connectivity index (χ3n) is 2.53. The predicted molar refractivity (Wildman–Crippen MR) is 76.4 cm³/mol. The fourth-order valence-electron chi connectivity index (χ4n) is 1.52. The summed E-state index contributed by atoms with van der Waals surface area (Å²) in [6, 6.07) is 8.84. The number of thioether (sulfide) groups is 1. The van der Waals surface area contributed by atoms with Crippen molar-refractivity contribution >= 4 is 11.8 Å². The van der Waals surface area contributed by atoms with Crippen LogP contribution < -0.4 is 16.8 Å². The first kappa shape index (κ1) is 14.5. The van der Waals surface area contributed by atoms with Gasteiger partial charge in [-0.25, -0.2) is 0 Å². The van der Waals surface area contributed by atoms with Gasteiger partial charge in [0.05, 0.1) is 0 Å². The largest absolute Gasteiger partial charge is 0.329 e. The zero-order valence-electron chi connectivity index (χ0n) is 10.5. The maximum absolute atomic E-state index is 5.72. The third kappa shape index (κ3) is 6.07. The second-order valence-electron chi connectivity index (χ2n) is 4.03. The first-order valence-electron chi connectivity index (χ1n) is 6.14. The van der Waals surface area contributed by atoms with Crippen LogP contribution in [0.25, 0.3) is 0 Å². The van der Waals surface area contributed by atoms with Crippen molar-refractivity contribution < 1.29 is 0 Å². The van der Waals surface area contributed by atoms with Crippen LogP contribution >= 0.6 is 11.8 Å². The second kappa shape index (κ2) is 8.53. The molecule has 0 aliphatic carbocycles. The molecule has 1 atom stereocenters. The molecule has 1 rings (SSSR count). The highest BCUT2D eigenvalue weighted by molar-refractivity contribution is 7.99. The third-order valence-corrected chi connectivity index (χ3v) is 3.43. The Morgan fingerprint density at radius 1 is 1.29 bits per heavy atom. The van der Waals surface area contributed by atoms with Crippen LogP contribution in [0.1, 0.15) is 12.5 Å². The van der Waals surface area contributed by atoms with E-state index >= 15 is 0 Å². The smallest absolute Gasteiger partial charge is 0.0290 e. The average Bonchev–Trinajstić information content (AvgIpc) is 2.36. The zero-order valence-corrected chi connectivity index (χ0v) is 11.3. The van der Waals surface area contributed by atoms with Crippen LogP contribution in [-0.2, 0) is 6.42 Å². The van der Waals surface area contributed by atoms with Gasteiger partial charge in [-0.1, -0.05) is 19.1 Å². The van der Waals surface area contributed by atoms with Crippen molar-refractivity contribution in [2.24, 2.45) is 11.5 Å². The summed E-state index contributed by atoms with van der Waals surface area (Å²) in [6.07, 6.45) is 1.04. The van der Waals surface area contributed by atoms with Gasteiger partial charge in [-0.15, -0.1) is 11.8 Å². The molecule has 0 aliphatic rings. The standard InChI is InChI=1S/C13H23N3S/c1-2-17-13-5-3-11(4-6-13)7-8-16-10-12(15)9-14/h3-6,12,16H,2,7-10,14-15H2,1H3. The van der Waals surface area contributed by atoms with E-state index in [0.717, 1.165) is 25.3 Å². The summed E-state index contributed by atoms with van der Waals surface area (Å²) in [5.41, 5.74) is 12.5. The quantitative estimate of drug-likeness (QED) is 0.481. The van der Waals surface area contributed by atoms with E-state index in [1.54, 1.807) is 0 Å². The number of hydrogen-bond donors (Lipinski definition) is 3. The molecule has 0 amide bonds. The predicted octanol–water partition coefficient (Wildman–Crippen LogP) is 1.22. The lowest BCUT2D eigenvalue weighted by atomic mass is 10.1. The summed E-state index contributed by atoms with van der Waals surface area (Å²) in [5, 5.41) is 3.31. The maximum atomic E-state index is 5.72. The minimum atomic E-state index is 0.0679. The van der Waals surface area contributed by atoms with Gasteiger partial charge in [0.25, 0.3) is 0 Å². The fraction of sp³-hybridized carbons (Fsp3) is 0.538. The van der Waals surface area contributed by atoms with Crippen LogP contribution in [0.3, 0.4) is 0 Å². The summed E-state index contributed by atoms with van der Waals surface area (Å²) in [4.78, 5) is 1.34. The van der Waals surface area contributed by atoms with Gasteiger partial charge in [0, 0.05) is 24.0 Å². The molecule has 1 aromatic rings. The van der Waals surface area contributed by atoms with Crippen molar-refractivity contribution in [1.29, 1.82) is 0 Å². The molecule has 0 radical (unpaired) electrons. The summed E-state index contributed by atoms with van der Waals surface area (Å²) in [7, 11) is 0. The molecule has 0 saturated heterocycles. The van der Waals surface area contributed by atoms with Crippen molar-refractivity contribution in [1.82, 2.24) is 5.32 Å². The first-order chi connectivity index (χ1) is 8.26. The van der Waals surface area contributed by atoms with Gasteiger partial charge in [0.1, 0.15) is 0 Å². The molecule has 1 unspecified atom stereocenters. The van der Waals surface area contributed by atoms with E-state index in [1.807, 2.05) is 11.8 Å². The summed E-state index contributed by atoms with van der Waals surface area (Å²) in [5.74, 6) is 1.12. The molecule has 0 bridgehead atoms. The zero-order chi connectivity index (χ0) is 12.5. The van der Waals surface area contributed by atoms with E-state index in [4.69, 9.17) is 11.5 Å². The number of nitrogens with one attached hydrogen (secondary N) is 1. The Morgan fingerprint density at radius 3 is 2.59 bits per heavy atom. The highest BCUT2D eigenvalue weighted by Crippen LogP contribution is 2.17. The van der Waals surface area contributed by atoms with E-state index < -0.39 is 0 Å². The summed E-state index contributed by atoms with van der Waals surface area (Å²) >= 11 is 1.87. The van der Waals surface area contributed by atoms with Gasteiger partial charge in [0.15, 0.2) is 0 Å². The fourth-order valence-corrected chi connectivity index (χ4v) is 2.18. The molecular weight excluding hydrogens is 230 g/mol. The number of rotatable bonds is 8. The molecular formula is C13H23N3S. The van der Waals surface area contributed by atoms with E-state index in [2.05, 4.69) is 36.5 Å². The van der Waals surface area contributed by atoms with Crippen molar-refractivity contribution in [2.75, 3.05) is 25.4 Å². The van der Waals surface area contributed by atoms with Crippen molar-refractivity contribution in [2.45, 2.75) is 24.3 Å². The second-order valence-corrected chi connectivity index (χ2v) is 5.36. The van der Waals surface area contributed by atoms with Gasteiger partial charge in [-0.2, -0.15) is 0 Å². The van der Waals surface area contributed by atoms with Gasteiger partial charge in [0.2, 0.25) is 0 Å². The first-order valence-corrected chi connectivity index (χ1v) is 7.13. The Hall–Kier alpha value is -0.550. The molecule has 3 nitrogen and oxygen atoms in total. The number of benzene rings is 1. The molecule has 17 heavy (non-hydrogen) atoms. The SMILES string of the molecule is CCSc1ccc(CCNCC(N)CN)cc1. The molecule has 5 N–H and O–H groups in total. The number of nitrogens with two attached hydrogens (primary N) is 2. The monoisotopic (exact) mass is 253 g/mol. The average molecular weight is 253 g/mol. The van der Waals surface area contributed by atoms with Crippen LogP contribution in [0.2, 0.25) is 0 Å². The summed E-state index contributed by atoms with van der Waals surface area (Å²) < 4.78 is 0. The molecule has 4 heteroatoms. The molecule has 0 aliphatic heterocycles. The van der Waals surface area contributed by atoms with Gasteiger partial charge in [-0.05, 0) is 36.4 Å². The van der Waals surface area contributed by atoms with E-state index in [9.17, 15) is 0 Å². The molecule has 0 heterocycles. The Morgan fingerprint density at radius 2 is 2.00 bits per heavy atom. The molecule has 96 valence electrons. The van der Waals surface area contributed by atoms with Gasteiger partial charge < -0.3 is 16.8 Å². The van der Waals surface area contributed by atoms with Crippen LogP contribution in [0.15, 0.2) is 29.2 Å². The van der Waals surface area contributed by atoms with Crippen LogP contribution in [0.4, 0.5) is 0 Å². The lowest BCUT2D eigenvalue weighted by molar-refractivity contribution is 0.583. The Bertz CT molecular complexity index is 300. The Kier molecular flexibility index (Phi) is 7.28. The van der Waals surface area contributed by atoms with Crippen molar-refractivity contribution in [3.63, 3.8) is 0 Å². The minimum Gasteiger partial charge on any atom is -0.329 e.